The van der Waals surface area contributed by atoms with E-state index in [2.05, 4.69) is 153 Å². The standard InChI is InChI=1S/C38H43N/c1-24-14-18-32(20-26(24)3)39(35-13-11-12-25(2)27(35)4)36-33-19-17-30(37(5,6)7)22-29(33)21-28-15-16-31(23-34(28)36)38(8,9)10/h11-23H,1-10H3. The molecule has 5 rings (SSSR count). The monoisotopic (exact) mass is 513 g/mol. The Morgan fingerprint density at radius 2 is 1.18 bits per heavy atom. The van der Waals surface area contributed by atoms with E-state index in [1.807, 2.05) is 0 Å². The average Bonchev–Trinajstić information content (AvgIpc) is 2.86. The van der Waals surface area contributed by atoms with Gasteiger partial charge in [-0.25, -0.2) is 0 Å². The van der Waals surface area contributed by atoms with E-state index < -0.39 is 0 Å². The lowest BCUT2D eigenvalue weighted by atomic mass is 9.83. The van der Waals surface area contributed by atoms with E-state index in [4.69, 9.17) is 0 Å². The second kappa shape index (κ2) is 9.56. The van der Waals surface area contributed by atoms with Crippen LogP contribution in [0.4, 0.5) is 17.1 Å². The molecule has 200 valence electrons. The lowest BCUT2D eigenvalue weighted by molar-refractivity contribution is 0.590. The molecule has 1 heteroatoms. The Balaban J connectivity index is 1.97. The molecule has 0 aliphatic rings. The molecule has 0 fully saturated rings. The van der Waals surface area contributed by atoms with Gasteiger partial charge in [0.05, 0.1) is 5.69 Å². The van der Waals surface area contributed by atoms with Crippen LogP contribution in [0, 0.1) is 27.7 Å². The molecule has 0 aliphatic heterocycles. The smallest absolute Gasteiger partial charge is 0.0618 e. The largest absolute Gasteiger partial charge is 0.309 e. The van der Waals surface area contributed by atoms with Gasteiger partial charge in [-0.3, -0.25) is 0 Å². The molecule has 5 aromatic carbocycles. The lowest BCUT2D eigenvalue weighted by Crippen LogP contribution is -2.15. The number of anilines is 3. The van der Waals surface area contributed by atoms with Crippen molar-refractivity contribution in [1.82, 2.24) is 0 Å². The topological polar surface area (TPSA) is 3.24 Å². The average molecular weight is 514 g/mol. The zero-order valence-electron chi connectivity index (χ0n) is 25.5. The molecule has 1 nitrogen and oxygen atoms in total. The summed E-state index contributed by atoms with van der Waals surface area (Å²) in [6.45, 7) is 22.7. The minimum Gasteiger partial charge on any atom is -0.309 e. The third-order valence-electron chi connectivity index (χ3n) is 8.45. The predicted octanol–water partition coefficient (Wildman–Crippen LogP) is 11.3. The van der Waals surface area contributed by atoms with Crippen LogP contribution in [0.15, 0.2) is 78.9 Å². The quantitative estimate of drug-likeness (QED) is 0.217. The van der Waals surface area contributed by atoms with Crippen molar-refractivity contribution in [1.29, 1.82) is 0 Å². The van der Waals surface area contributed by atoms with Gasteiger partial charge in [0.1, 0.15) is 0 Å². The van der Waals surface area contributed by atoms with Gasteiger partial charge in [0, 0.05) is 22.1 Å². The molecule has 0 bridgehead atoms. The van der Waals surface area contributed by atoms with E-state index in [0.717, 1.165) is 0 Å². The first kappa shape index (κ1) is 27.0. The molecular formula is C38H43N. The normalized spacial score (nSPS) is 12.4. The highest BCUT2D eigenvalue weighted by molar-refractivity contribution is 6.14. The van der Waals surface area contributed by atoms with Crippen LogP contribution in [0.25, 0.3) is 21.5 Å². The summed E-state index contributed by atoms with van der Waals surface area (Å²) < 4.78 is 0. The highest BCUT2D eigenvalue weighted by Gasteiger charge is 2.24. The Kier molecular flexibility index (Phi) is 6.62. The zero-order chi connectivity index (χ0) is 28.3. The lowest BCUT2D eigenvalue weighted by Gasteiger charge is -2.31. The van der Waals surface area contributed by atoms with Crippen molar-refractivity contribution in [2.45, 2.75) is 80.1 Å². The number of hydrogen-bond donors (Lipinski definition) is 0. The summed E-state index contributed by atoms with van der Waals surface area (Å²) in [5.41, 5.74) is 11.8. The van der Waals surface area contributed by atoms with Gasteiger partial charge in [-0.2, -0.15) is 0 Å². The molecule has 0 aromatic heterocycles. The fourth-order valence-electron chi connectivity index (χ4n) is 5.50. The van der Waals surface area contributed by atoms with Crippen molar-refractivity contribution in [3.63, 3.8) is 0 Å². The SMILES string of the molecule is Cc1ccc(N(c2cccc(C)c2C)c2c3ccc(C(C)(C)C)cc3cc3ccc(C(C)(C)C)cc23)cc1C. The summed E-state index contributed by atoms with van der Waals surface area (Å²) in [7, 11) is 0. The van der Waals surface area contributed by atoms with Gasteiger partial charge in [-0.15, -0.1) is 0 Å². The van der Waals surface area contributed by atoms with Crippen molar-refractivity contribution in [2.24, 2.45) is 0 Å². The van der Waals surface area contributed by atoms with Gasteiger partial charge in [-0.05, 0) is 113 Å². The van der Waals surface area contributed by atoms with Crippen LogP contribution in [0.1, 0.15) is 74.9 Å². The first-order chi connectivity index (χ1) is 18.3. The van der Waals surface area contributed by atoms with E-state index in [9.17, 15) is 0 Å². The molecule has 0 saturated carbocycles. The molecular weight excluding hydrogens is 470 g/mol. The summed E-state index contributed by atoms with van der Waals surface area (Å²) >= 11 is 0. The van der Waals surface area contributed by atoms with E-state index in [1.54, 1.807) is 0 Å². The van der Waals surface area contributed by atoms with Crippen LogP contribution in [0.3, 0.4) is 0 Å². The maximum atomic E-state index is 2.52. The van der Waals surface area contributed by atoms with Gasteiger partial charge in [0.25, 0.3) is 0 Å². The van der Waals surface area contributed by atoms with Crippen molar-refractivity contribution < 1.29 is 0 Å². The number of aryl methyl sites for hydroxylation is 3. The number of rotatable bonds is 3. The molecule has 0 radical (unpaired) electrons. The predicted molar refractivity (Wildman–Crippen MR) is 172 cm³/mol. The van der Waals surface area contributed by atoms with Crippen LogP contribution in [0.5, 0.6) is 0 Å². The first-order valence-electron chi connectivity index (χ1n) is 14.2. The van der Waals surface area contributed by atoms with E-state index in [1.165, 1.54) is 72.0 Å². The van der Waals surface area contributed by atoms with Gasteiger partial charge in [0.2, 0.25) is 0 Å². The van der Waals surface area contributed by atoms with E-state index >= 15 is 0 Å². The Morgan fingerprint density at radius 3 is 1.85 bits per heavy atom. The number of benzene rings is 5. The summed E-state index contributed by atoms with van der Waals surface area (Å²) in [5.74, 6) is 0. The van der Waals surface area contributed by atoms with Crippen molar-refractivity contribution in [2.75, 3.05) is 4.90 Å². The van der Waals surface area contributed by atoms with Crippen LogP contribution >= 0.6 is 0 Å². The first-order valence-corrected chi connectivity index (χ1v) is 14.2. The summed E-state index contributed by atoms with van der Waals surface area (Å²) in [6.07, 6.45) is 0. The maximum absolute atomic E-state index is 2.52. The third kappa shape index (κ3) is 4.96. The Labute approximate surface area is 235 Å². The van der Waals surface area contributed by atoms with Crippen LogP contribution in [-0.2, 0) is 10.8 Å². The molecule has 0 spiro atoms. The molecule has 0 saturated heterocycles. The molecule has 0 aliphatic carbocycles. The third-order valence-corrected chi connectivity index (χ3v) is 8.45. The van der Waals surface area contributed by atoms with Crippen LogP contribution < -0.4 is 4.90 Å². The highest BCUT2D eigenvalue weighted by atomic mass is 15.1. The number of hydrogen-bond acceptors (Lipinski definition) is 1. The van der Waals surface area contributed by atoms with Crippen molar-refractivity contribution >= 4 is 38.6 Å². The zero-order valence-corrected chi connectivity index (χ0v) is 25.5. The second-order valence-corrected chi connectivity index (χ2v) is 13.4. The summed E-state index contributed by atoms with van der Waals surface area (Å²) in [6, 6.07) is 30.1. The number of fused-ring (bicyclic) bond motifs is 2. The molecule has 5 aromatic rings. The summed E-state index contributed by atoms with van der Waals surface area (Å²) in [5, 5.41) is 5.13. The summed E-state index contributed by atoms with van der Waals surface area (Å²) in [4.78, 5) is 2.52. The van der Waals surface area contributed by atoms with Gasteiger partial charge < -0.3 is 4.90 Å². The fraction of sp³-hybridized carbons (Fsp3) is 0.316. The van der Waals surface area contributed by atoms with Gasteiger partial charge >= 0.3 is 0 Å². The number of nitrogens with zero attached hydrogens (tertiary/aromatic N) is 1. The Bertz CT molecular complexity index is 1710. The highest BCUT2D eigenvalue weighted by Crippen LogP contribution is 2.46. The fourth-order valence-corrected chi connectivity index (χ4v) is 5.50. The maximum Gasteiger partial charge on any atom is 0.0618 e. The molecule has 0 N–H and O–H groups in total. The van der Waals surface area contributed by atoms with Crippen molar-refractivity contribution in [3.05, 3.63) is 112 Å². The molecule has 0 unspecified atom stereocenters. The van der Waals surface area contributed by atoms with E-state index in [-0.39, 0.29) is 10.8 Å². The molecule has 0 heterocycles. The minimum absolute atomic E-state index is 0.0566. The van der Waals surface area contributed by atoms with Gasteiger partial charge in [-0.1, -0.05) is 90.1 Å². The Morgan fingerprint density at radius 1 is 0.513 bits per heavy atom. The van der Waals surface area contributed by atoms with Gasteiger partial charge in [0.15, 0.2) is 0 Å². The second-order valence-electron chi connectivity index (χ2n) is 13.4. The van der Waals surface area contributed by atoms with Crippen molar-refractivity contribution in [3.8, 4) is 0 Å². The molecule has 39 heavy (non-hydrogen) atoms. The molecule has 0 amide bonds. The van der Waals surface area contributed by atoms with Crippen LogP contribution in [-0.4, -0.2) is 0 Å². The van der Waals surface area contributed by atoms with E-state index in [0.29, 0.717) is 0 Å². The minimum atomic E-state index is 0.0566. The Hall–Kier alpha value is -3.58. The molecule has 0 atom stereocenters. The van der Waals surface area contributed by atoms with Crippen LogP contribution in [0.2, 0.25) is 0 Å².